The van der Waals surface area contributed by atoms with Crippen LogP contribution >= 0.6 is 11.3 Å². The number of hydrogen-bond acceptors (Lipinski definition) is 6. The smallest absolute Gasteiger partial charge is 0.252 e. The predicted octanol–water partition coefficient (Wildman–Crippen LogP) is 3.37. The summed E-state index contributed by atoms with van der Waals surface area (Å²) in [7, 11) is 0. The quantitative estimate of drug-likeness (QED) is 0.650. The number of aryl methyl sites for hydroxylation is 2. The normalized spacial score (nSPS) is 15.1. The highest BCUT2D eigenvalue weighted by molar-refractivity contribution is 7.10. The van der Waals surface area contributed by atoms with E-state index in [1.807, 2.05) is 49.6 Å². The van der Waals surface area contributed by atoms with Crippen molar-refractivity contribution in [3.63, 3.8) is 0 Å². The zero-order chi connectivity index (χ0) is 20.4. The van der Waals surface area contributed by atoms with Gasteiger partial charge in [-0.1, -0.05) is 35.5 Å². The Morgan fingerprint density at radius 2 is 2.14 bits per heavy atom. The van der Waals surface area contributed by atoms with Crippen molar-refractivity contribution in [3.05, 3.63) is 74.3 Å². The number of benzene rings is 1. The molecule has 0 saturated carbocycles. The summed E-state index contributed by atoms with van der Waals surface area (Å²) in [5, 5.41) is 19.1. The van der Waals surface area contributed by atoms with Gasteiger partial charge in [0.2, 0.25) is 0 Å². The molecule has 0 aliphatic carbocycles. The standard InChI is InChI=1S/C22H25N3O3S/c1-14-18(15(2)28-24-14)11-25-9-8-17-19(13-29-21(17)12-25)22(27)23-10-20(26)16-6-4-3-5-7-16/h3-7,13,20,26H,8-12H2,1-2H3,(H,23,27)/t20-/m1/s1. The molecule has 1 atom stereocenters. The minimum absolute atomic E-state index is 0.114. The summed E-state index contributed by atoms with van der Waals surface area (Å²) in [6, 6.07) is 9.38. The molecule has 2 aromatic heterocycles. The number of aromatic nitrogens is 1. The minimum atomic E-state index is -0.708. The Kier molecular flexibility index (Phi) is 5.80. The molecule has 1 aromatic carbocycles. The highest BCUT2D eigenvalue weighted by Crippen LogP contribution is 2.30. The van der Waals surface area contributed by atoms with E-state index < -0.39 is 6.10 Å². The van der Waals surface area contributed by atoms with Gasteiger partial charge in [0.15, 0.2) is 0 Å². The molecular weight excluding hydrogens is 386 g/mol. The summed E-state index contributed by atoms with van der Waals surface area (Å²) in [4.78, 5) is 16.3. The molecule has 0 bridgehead atoms. The molecule has 1 aliphatic heterocycles. The van der Waals surface area contributed by atoms with E-state index in [-0.39, 0.29) is 12.5 Å². The van der Waals surface area contributed by atoms with E-state index in [9.17, 15) is 9.90 Å². The Labute approximate surface area is 174 Å². The second-order valence-corrected chi connectivity index (χ2v) is 8.42. The van der Waals surface area contributed by atoms with Gasteiger partial charge < -0.3 is 14.9 Å². The number of aliphatic hydroxyl groups is 1. The zero-order valence-electron chi connectivity index (χ0n) is 16.6. The molecule has 0 unspecified atom stereocenters. The SMILES string of the molecule is Cc1noc(C)c1CN1CCc2c(C(=O)NC[C@@H](O)c3ccccc3)csc2C1. The van der Waals surface area contributed by atoms with E-state index in [0.717, 1.165) is 59.8 Å². The van der Waals surface area contributed by atoms with Crippen LogP contribution in [0.25, 0.3) is 0 Å². The maximum Gasteiger partial charge on any atom is 0.252 e. The number of aliphatic hydroxyl groups excluding tert-OH is 1. The molecule has 0 radical (unpaired) electrons. The van der Waals surface area contributed by atoms with Crippen molar-refractivity contribution in [1.82, 2.24) is 15.4 Å². The van der Waals surface area contributed by atoms with Gasteiger partial charge in [-0.05, 0) is 31.4 Å². The maximum absolute atomic E-state index is 12.7. The molecule has 2 N–H and O–H groups in total. The molecule has 1 aliphatic rings. The van der Waals surface area contributed by atoms with Crippen LogP contribution in [0.5, 0.6) is 0 Å². The Morgan fingerprint density at radius 1 is 1.34 bits per heavy atom. The highest BCUT2D eigenvalue weighted by Gasteiger charge is 2.25. The van der Waals surface area contributed by atoms with Gasteiger partial charge in [-0.25, -0.2) is 0 Å². The number of thiophene rings is 1. The summed E-state index contributed by atoms with van der Waals surface area (Å²) in [5.74, 6) is 0.758. The maximum atomic E-state index is 12.7. The van der Waals surface area contributed by atoms with Crippen molar-refractivity contribution >= 4 is 17.2 Å². The fourth-order valence-electron chi connectivity index (χ4n) is 3.74. The summed E-state index contributed by atoms with van der Waals surface area (Å²) in [6.07, 6.45) is 0.131. The molecule has 3 heterocycles. The van der Waals surface area contributed by atoms with Gasteiger partial charge >= 0.3 is 0 Å². The lowest BCUT2D eigenvalue weighted by Crippen LogP contribution is -2.32. The Balaban J connectivity index is 1.38. The Morgan fingerprint density at radius 3 is 2.86 bits per heavy atom. The third kappa shape index (κ3) is 4.27. The predicted molar refractivity (Wildman–Crippen MR) is 112 cm³/mol. The van der Waals surface area contributed by atoms with Crippen LogP contribution in [0.4, 0.5) is 0 Å². The van der Waals surface area contributed by atoms with Crippen LogP contribution < -0.4 is 5.32 Å². The Hall–Kier alpha value is -2.48. The van der Waals surface area contributed by atoms with Crippen LogP contribution in [0.1, 0.15) is 49.5 Å². The summed E-state index contributed by atoms with van der Waals surface area (Å²) in [6.45, 7) is 6.64. The summed E-state index contributed by atoms with van der Waals surface area (Å²) in [5.41, 5.74) is 4.77. The second-order valence-electron chi connectivity index (χ2n) is 7.45. The number of fused-ring (bicyclic) bond motifs is 1. The first-order valence-corrected chi connectivity index (χ1v) is 10.7. The number of nitrogens with zero attached hydrogens (tertiary/aromatic N) is 2. The van der Waals surface area contributed by atoms with Crippen LogP contribution in [0.3, 0.4) is 0 Å². The van der Waals surface area contributed by atoms with E-state index in [1.165, 1.54) is 4.88 Å². The lowest BCUT2D eigenvalue weighted by atomic mass is 10.0. The average molecular weight is 412 g/mol. The molecule has 4 rings (SSSR count). The summed E-state index contributed by atoms with van der Waals surface area (Å²) >= 11 is 1.63. The number of amides is 1. The number of carbonyl (C=O) groups is 1. The number of rotatable bonds is 6. The van der Waals surface area contributed by atoms with Crippen molar-refractivity contribution in [2.24, 2.45) is 0 Å². The van der Waals surface area contributed by atoms with E-state index in [4.69, 9.17) is 4.52 Å². The van der Waals surface area contributed by atoms with Crippen LogP contribution in [-0.2, 0) is 19.5 Å². The number of nitrogens with one attached hydrogen (secondary N) is 1. The molecule has 0 saturated heterocycles. The number of hydrogen-bond donors (Lipinski definition) is 2. The van der Waals surface area contributed by atoms with E-state index >= 15 is 0 Å². The topological polar surface area (TPSA) is 78.6 Å². The van der Waals surface area contributed by atoms with Crippen molar-refractivity contribution < 1.29 is 14.4 Å². The van der Waals surface area contributed by atoms with Gasteiger partial charge in [0.25, 0.3) is 5.91 Å². The van der Waals surface area contributed by atoms with Crippen molar-refractivity contribution in [2.75, 3.05) is 13.1 Å². The largest absolute Gasteiger partial charge is 0.387 e. The highest BCUT2D eigenvalue weighted by atomic mass is 32.1. The first-order chi connectivity index (χ1) is 14.0. The third-order valence-corrected chi connectivity index (χ3v) is 6.49. The number of carbonyl (C=O) groups excluding carboxylic acids is 1. The first kappa shape index (κ1) is 19.8. The summed E-state index contributed by atoms with van der Waals surface area (Å²) < 4.78 is 5.27. The lowest BCUT2D eigenvalue weighted by molar-refractivity contribution is 0.0915. The van der Waals surface area contributed by atoms with Gasteiger partial charge in [-0.15, -0.1) is 11.3 Å². The zero-order valence-corrected chi connectivity index (χ0v) is 17.5. The van der Waals surface area contributed by atoms with Crippen molar-refractivity contribution in [1.29, 1.82) is 0 Å². The molecule has 7 heteroatoms. The van der Waals surface area contributed by atoms with E-state index in [1.54, 1.807) is 11.3 Å². The third-order valence-electron chi connectivity index (χ3n) is 5.47. The van der Waals surface area contributed by atoms with Crippen molar-refractivity contribution in [2.45, 2.75) is 39.5 Å². The van der Waals surface area contributed by atoms with Crippen LogP contribution in [0.2, 0.25) is 0 Å². The van der Waals surface area contributed by atoms with Gasteiger partial charge in [0.05, 0.1) is 17.4 Å². The molecule has 6 nitrogen and oxygen atoms in total. The van der Waals surface area contributed by atoms with Gasteiger partial charge in [0.1, 0.15) is 5.76 Å². The van der Waals surface area contributed by atoms with Gasteiger partial charge in [-0.3, -0.25) is 9.69 Å². The Bertz CT molecular complexity index is 977. The molecule has 3 aromatic rings. The van der Waals surface area contributed by atoms with E-state index in [0.29, 0.717) is 0 Å². The molecule has 152 valence electrons. The monoisotopic (exact) mass is 411 g/mol. The second kappa shape index (κ2) is 8.49. The van der Waals surface area contributed by atoms with Crippen molar-refractivity contribution in [3.8, 4) is 0 Å². The van der Waals surface area contributed by atoms with Crippen LogP contribution in [0, 0.1) is 13.8 Å². The van der Waals surface area contributed by atoms with Crippen LogP contribution in [0.15, 0.2) is 40.2 Å². The lowest BCUT2D eigenvalue weighted by Gasteiger charge is -2.27. The molecule has 1 amide bonds. The minimum Gasteiger partial charge on any atom is -0.387 e. The molecule has 29 heavy (non-hydrogen) atoms. The fourth-order valence-corrected chi connectivity index (χ4v) is 4.86. The van der Waals surface area contributed by atoms with Crippen LogP contribution in [-0.4, -0.2) is 34.2 Å². The first-order valence-electron chi connectivity index (χ1n) is 9.77. The molecule has 0 fully saturated rings. The fraction of sp³-hybridized carbons (Fsp3) is 0.364. The average Bonchev–Trinajstić information content (AvgIpc) is 3.30. The molecule has 0 spiro atoms. The molecular formula is C22H25N3O3S. The van der Waals surface area contributed by atoms with Gasteiger partial charge in [-0.2, -0.15) is 0 Å². The van der Waals surface area contributed by atoms with E-state index in [2.05, 4.69) is 15.4 Å². The van der Waals surface area contributed by atoms with Gasteiger partial charge in [0, 0.05) is 42.0 Å².